The molecular weight excluding hydrogens is 448 g/mol. The lowest BCUT2D eigenvalue weighted by Crippen LogP contribution is -1.87. The molecule has 224 valence electrons. The Balaban J connectivity index is 3.01. The van der Waals surface area contributed by atoms with Crippen LogP contribution in [-0.4, -0.2) is 11.7 Å². The van der Waals surface area contributed by atoms with Crippen molar-refractivity contribution in [3.8, 4) is 0 Å². The minimum absolute atomic E-state index is 0.374. The summed E-state index contributed by atoms with van der Waals surface area (Å²) < 4.78 is 0. The highest BCUT2D eigenvalue weighted by Gasteiger charge is 1.98. The first-order valence-corrected chi connectivity index (χ1v) is 17.9. The van der Waals surface area contributed by atoms with Crippen LogP contribution < -0.4 is 0 Å². The molecule has 0 aromatic heterocycles. The van der Waals surface area contributed by atoms with E-state index < -0.39 is 0 Å². The molecule has 1 heteroatoms. The average molecular weight is 523 g/mol. The highest BCUT2D eigenvalue weighted by Crippen LogP contribution is 2.17. The molecular formula is C36H74O. The lowest BCUT2D eigenvalue weighted by Gasteiger charge is -2.05. The van der Waals surface area contributed by atoms with E-state index in [0.29, 0.717) is 6.61 Å². The van der Waals surface area contributed by atoms with Crippen molar-refractivity contribution in [1.29, 1.82) is 0 Å². The first-order chi connectivity index (χ1) is 18.3. The van der Waals surface area contributed by atoms with Crippen LogP contribution in [0.3, 0.4) is 0 Å². The molecule has 0 saturated carbocycles. The molecule has 0 unspecified atom stereocenters. The van der Waals surface area contributed by atoms with Gasteiger partial charge in [0.1, 0.15) is 0 Å². The van der Waals surface area contributed by atoms with Crippen LogP contribution in [0.5, 0.6) is 0 Å². The predicted octanol–water partition coefficient (Wildman–Crippen LogP) is 13.1. The van der Waals surface area contributed by atoms with Crippen LogP contribution in [0.25, 0.3) is 0 Å². The second-order valence-corrected chi connectivity index (χ2v) is 12.9. The lowest BCUT2D eigenvalue weighted by atomic mass is 10.0. The largest absolute Gasteiger partial charge is 0.396 e. The second-order valence-electron chi connectivity index (χ2n) is 12.9. The molecule has 0 fully saturated rings. The predicted molar refractivity (Wildman–Crippen MR) is 170 cm³/mol. The van der Waals surface area contributed by atoms with E-state index in [1.807, 2.05) is 0 Å². The van der Waals surface area contributed by atoms with Gasteiger partial charge in [-0.2, -0.15) is 0 Å². The van der Waals surface area contributed by atoms with Gasteiger partial charge in [0.05, 0.1) is 0 Å². The van der Waals surface area contributed by atoms with Gasteiger partial charge in [-0.15, -0.1) is 0 Å². The fourth-order valence-corrected chi connectivity index (χ4v) is 5.79. The summed E-state index contributed by atoms with van der Waals surface area (Å²) in [5.74, 6) is 0.894. The van der Waals surface area contributed by atoms with Crippen LogP contribution in [-0.2, 0) is 0 Å². The Morgan fingerprint density at radius 2 is 0.432 bits per heavy atom. The molecule has 0 saturated heterocycles. The van der Waals surface area contributed by atoms with Crippen molar-refractivity contribution in [2.75, 3.05) is 6.61 Å². The van der Waals surface area contributed by atoms with Crippen LogP contribution in [0.2, 0.25) is 0 Å². The van der Waals surface area contributed by atoms with Crippen molar-refractivity contribution in [3.05, 3.63) is 0 Å². The summed E-state index contributed by atoms with van der Waals surface area (Å²) in [4.78, 5) is 0. The topological polar surface area (TPSA) is 20.2 Å². The number of rotatable bonds is 33. The van der Waals surface area contributed by atoms with Crippen molar-refractivity contribution in [3.63, 3.8) is 0 Å². The van der Waals surface area contributed by atoms with E-state index in [0.717, 1.165) is 12.3 Å². The fraction of sp³-hybridized carbons (Fsp3) is 1.00. The Morgan fingerprint density at radius 1 is 0.270 bits per heavy atom. The van der Waals surface area contributed by atoms with E-state index in [1.54, 1.807) is 0 Å². The molecule has 1 nitrogen and oxygen atoms in total. The van der Waals surface area contributed by atoms with Crippen LogP contribution in [0.15, 0.2) is 0 Å². The first kappa shape index (κ1) is 37.0. The van der Waals surface area contributed by atoms with Crippen LogP contribution in [0.1, 0.15) is 219 Å². The molecule has 0 aromatic rings. The van der Waals surface area contributed by atoms with Gasteiger partial charge in [-0.25, -0.2) is 0 Å². The van der Waals surface area contributed by atoms with Gasteiger partial charge in [0, 0.05) is 6.61 Å². The molecule has 0 spiro atoms. The van der Waals surface area contributed by atoms with Gasteiger partial charge in [0.25, 0.3) is 0 Å². The number of hydrogen-bond donors (Lipinski definition) is 1. The molecule has 0 radical (unpaired) electrons. The zero-order chi connectivity index (χ0) is 26.9. The summed E-state index contributed by atoms with van der Waals surface area (Å²) in [7, 11) is 0. The number of unbranched alkanes of at least 4 members (excludes halogenated alkanes) is 30. The van der Waals surface area contributed by atoms with E-state index in [1.165, 1.54) is 199 Å². The van der Waals surface area contributed by atoms with Crippen molar-refractivity contribution in [1.82, 2.24) is 0 Å². The van der Waals surface area contributed by atoms with Crippen LogP contribution in [0, 0.1) is 5.92 Å². The number of aliphatic hydroxyl groups excluding tert-OH is 1. The van der Waals surface area contributed by atoms with Crippen LogP contribution >= 0.6 is 0 Å². The molecule has 0 aromatic carbocycles. The molecule has 0 aliphatic rings. The molecule has 0 amide bonds. The third-order valence-corrected chi connectivity index (χ3v) is 8.44. The van der Waals surface area contributed by atoms with Crippen molar-refractivity contribution >= 4 is 0 Å². The zero-order valence-corrected chi connectivity index (χ0v) is 26.4. The molecule has 0 aliphatic heterocycles. The van der Waals surface area contributed by atoms with Gasteiger partial charge in [-0.05, 0) is 12.3 Å². The minimum Gasteiger partial charge on any atom is -0.396 e. The van der Waals surface area contributed by atoms with Gasteiger partial charge < -0.3 is 5.11 Å². The third-order valence-electron chi connectivity index (χ3n) is 8.44. The average Bonchev–Trinajstić information content (AvgIpc) is 2.89. The third kappa shape index (κ3) is 36.0. The zero-order valence-electron chi connectivity index (χ0n) is 26.4. The summed E-state index contributed by atoms with van der Waals surface area (Å²) in [6.07, 6.45) is 46.1. The van der Waals surface area contributed by atoms with Gasteiger partial charge in [0.15, 0.2) is 0 Å². The van der Waals surface area contributed by atoms with Crippen molar-refractivity contribution in [2.45, 2.75) is 219 Å². The van der Waals surface area contributed by atoms with E-state index in [4.69, 9.17) is 5.11 Å². The summed E-state index contributed by atoms with van der Waals surface area (Å²) in [5, 5.41) is 8.78. The van der Waals surface area contributed by atoms with Gasteiger partial charge in [-0.3, -0.25) is 0 Å². The Labute approximate surface area is 236 Å². The summed E-state index contributed by atoms with van der Waals surface area (Å²) in [6, 6.07) is 0. The van der Waals surface area contributed by atoms with E-state index in [-0.39, 0.29) is 0 Å². The Hall–Kier alpha value is -0.0400. The molecule has 0 heterocycles. The summed E-state index contributed by atoms with van der Waals surface area (Å²) in [5.41, 5.74) is 0. The molecule has 0 bridgehead atoms. The Bertz CT molecular complexity index is 377. The number of hydrogen-bond acceptors (Lipinski definition) is 1. The SMILES string of the molecule is CC(C)CCCCCCCCCCCCCCCCCCCCCCCCCCCCCCCCCO. The maximum absolute atomic E-state index is 8.78. The van der Waals surface area contributed by atoms with E-state index >= 15 is 0 Å². The number of aliphatic hydroxyl groups is 1. The molecule has 37 heavy (non-hydrogen) atoms. The standard InChI is InChI=1S/C36H74O/c1-36(2)34-32-30-28-26-24-22-20-18-16-14-12-10-8-6-4-3-5-7-9-11-13-15-17-19-21-23-25-27-29-31-33-35-37/h36-37H,3-35H2,1-2H3. The van der Waals surface area contributed by atoms with E-state index in [9.17, 15) is 0 Å². The Kier molecular flexibility index (Phi) is 34.0. The highest BCUT2D eigenvalue weighted by atomic mass is 16.2. The fourth-order valence-electron chi connectivity index (χ4n) is 5.79. The van der Waals surface area contributed by atoms with Crippen molar-refractivity contribution < 1.29 is 5.11 Å². The maximum atomic E-state index is 8.78. The normalized spacial score (nSPS) is 11.7. The molecule has 1 N–H and O–H groups in total. The summed E-state index contributed by atoms with van der Waals surface area (Å²) in [6.45, 7) is 5.07. The first-order valence-electron chi connectivity index (χ1n) is 17.9. The van der Waals surface area contributed by atoms with Gasteiger partial charge in [0.2, 0.25) is 0 Å². The van der Waals surface area contributed by atoms with Crippen LogP contribution in [0.4, 0.5) is 0 Å². The second kappa shape index (κ2) is 34.0. The maximum Gasteiger partial charge on any atom is 0.0431 e. The molecule has 0 rings (SSSR count). The molecule has 0 atom stereocenters. The monoisotopic (exact) mass is 523 g/mol. The summed E-state index contributed by atoms with van der Waals surface area (Å²) >= 11 is 0. The van der Waals surface area contributed by atoms with Crippen molar-refractivity contribution in [2.24, 2.45) is 5.92 Å². The lowest BCUT2D eigenvalue weighted by molar-refractivity contribution is 0.282. The molecule has 0 aliphatic carbocycles. The van der Waals surface area contributed by atoms with Gasteiger partial charge >= 0.3 is 0 Å². The van der Waals surface area contributed by atoms with E-state index in [2.05, 4.69) is 13.8 Å². The minimum atomic E-state index is 0.374. The quantitative estimate of drug-likeness (QED) is 0.0849. The smallest absolute Gasteiger partial charge is 0.0431 e. The Morgan fingerprint density at radius 3 is 0.595 bits per heavy atom. The highest BCUT2D eigenvalue weighted by molar-refractivity contribution is 4.53. The van der Waals surface area contributed by atoms with Gasteiger partial charge in [-0.1, -0.05) is 213 Å².